The highest BCUT2D eigenvalue weighted by atomic mass is 35.5. The number of nitrogens with zero attached hydrogens (tertiary/aromatic N) is 1. The van der Waals surface area contributed by atoms with E-state index >= 15 is 0 Å². The van der Waals surface area contributed by atoms with E-state index in [-0.39, 0.29) is 0 Å². The maximum atomic E-state index is 6.57. The molecular formula is C22H20ClNO. The van der Waals surface area contributed by atoms with Gasteiger partial charge in [-0.05, 0) is 41.3 Å². The molecule has 25 heavy (non-hydrogen) atoms. The van der Waals surface area contributed by atoms with Gasteiger partial charge in [0.25, 0.3) is 0 Å². The first-order chi connectivity index (χ1) is 12.3. The number of anilines is 1. The van der Waals surface area contributed by atoms with Crippen LogP contribution >= 0.6 is 11.6 Å². The fraction of sp³-hybridized carbons (Fsp3) is 0.182. The molecule has 0 aromatic heterocycles. The highest BCUT2D eigenvalue weighted by Crippen LogP contribution is 2.43. The Balaban J connectivity index is 1.62. The van der Waals surface area contributed by atoms with Crippen molar-refractivity contribution in [3.05, 3.63) is 82.9 Å². The van der Waals surface area contributed by atoms with Crippen LogP contribution in [-0.2, 0) is 13.0 Å². The molecule has 0 fully saturated rings. The predicted molar refractivity (Wildman–Crippen MR) is 105 cm³/mol. The lowest BCUT2D eigenvalue weighted by molar-refractivity contribution is 0.414. The minimum atomic E-state index is 0.821. The maximum Gasteiger partial charge on any atom is 0.118 e. The summed E-state index contributed by atoms with van der Waals surface area (Å²) >= 11 is 6.57. The van der Waals surface area contributed by atoms with Crippen molar-refractivity contribution in [3.63, 3.8) is 0 Å². The summed E-state index contributed by atoms with van der Waals surface area (Å²) in [6.07, 6.45) is 0.969. The summed E-state index contributed by atoms with van der Waals surface area (Å²) in [5.41, 5.74) is 6.32. The molecule has 0 saturated carbocycles. The number of fused-ring (bicyclic) bond motifs is 3. The molecule has 0 aliphatic carbocycles. The van der Waals surface area contributed by atoms with Gasteiger partial charge in [-0.15, -0.1) is 0 Å². The zero-order chi connectivity index (χ0) is 17.2. The van der Waals surface area contributed by atoms with Crippen molar-refractivity contribution in [2.75, 3.05) is 18.6 Å². The molecule has 3 aromatic carbocycles. The topological polar surface area (TPSA) is 12.5 Å². The van der Waals surface area contributed by atoms with E-state index in [1.165, 1.54) is 22.3 Å². The lowest BCUT2D eigenvalue weighted by Crippen LogP contribution is -2.29. The molecular weight excluding hydrogens is 330 g/mol. The average molecular weight is 350 g/mol. The molecule has 1 aliphatic rings. The molecule has 1 heterocycles. The summed E-state index contributed by atoms with van der Waals surface area (Å²) in [6, 6.07) is 23.1. The number of halogens is 1. The molecule has 0 saturated heterocycles. The number of benzene rings is 3. The van der Waals surface area contributed by atoms with E-state index in [1.54, 1.807) is 7.11 Å². The fourth-order valence-corrected chi connectivity index (χ4v) is 3.80. The fourth-order valence-electron chi connectivity index (χ4n) is 3.51. The average Bonchev–Trinajstić information content (AvgIpc) is 2.66. The zero-order valence-electron chi connectivity index (χ0n) is 14.2. The molecule has 0 unspecified atom stereocenters. The minimum Gasteiger partial charge on any atom is -0.497 e. The van der Waals surface area contributed by atoms with Crippen molar-refractivity contribution in [2.24, 2.45) is 0 Å². The Bertz CT molecular complexity index is 889. The van der Waals surface area contributed by atoms with Crippen LogP contribution in [0.4, 0.5) is 5.69 Å². The number of methoxy groups -OCH3 is 1. The molecule has 4 rings (SSSR count). The van der Waals surface area contributed by atoms with Crippen LogP contribution in [0.2, 0.25) is 5.02 Å². The number of hydrogen-bond donors (Lipinski definition) is 0. The Morgan fingerprint density at radius 2 is 1.68 bits per heavy atom. The zero-order valence-corrected chi connectivity index (χ0v) is 15.0. The highest BCUT2D eigenvalue weighted by Gasteiger charge is 2.23. The van der Waals surface area contributed by atoms with E-state index in [0.717, 1.165) is 36.0 Å². The number of para-hydroxylation sites is 1. The molecule has 2 nitrogen and oxygen atoms in total. The Kier molecular flexibility index (Phi) is 4.37. The lowest BCUT2D eigenvalue weighted by Gasteiger charge is -2.33. The van der Waals surface area contributed by atoms with Crippen LogP contribution in [0.5, 0.6) is 5.75 Å². The van der Waals surface area contributed by atoms with Crippen LogP contribution in [0.3, 0.4) is 0 Å². The van der Waals surface area contributed by atoms with Gasteiger partial charge in [-0.2, -0.15) is 0 Å². The van der Waals surface area contributed by atoms with Gasteiger partial charge in [0.1, 0.15) is 5.75 Å². The molecule has 0 bridgehead atoms. The third-order valence-electron chi connectivity index (χ3n) is 4.80. The van der Waals surface area contributed by atoms with Crippen molar-refractivity contribution in [3.8, 4) is 16.9 Å². The standard InChI is InChI=1S/C22H20ClNO/c1-25-18-11-9-16(10-12-18)13-14-24-15-17-5-2-3-6-19(17)20-7-4-8-21(23)22(20)24/h2-12H,13-15H2,1H3. The molecule has 0 spiro atoms. The van der Waals surface area contributed by atoms with Gasteiger partial charge in [0.05, 0.1) is 17.8 Å². The lowest BCUT2D eigenvalue weighted by atomic mass is 9.93. The van der Waals surface area contributed by atoms with Gasteiger partial charge in [-0.1, -0.05) is 60.1 Å². The molecule has 0 radical (unpaired) electrons. The third kappa shape index (κ3) is 3.10. The normalized spacial score (nSPS) is 12.5. The van der Waals surface area contributed by atoms with E-state index in [1.807, 2.05) is 24.3 Å². The van der Waals surface area contributed by atoms with Crippen LogP contribution in [0.1, 0.15) is 11.1 Å². The Morgan fingerprint density at radius 1 is 0.920 bits per heavy atom. The van der Waals surface area contributed by atoms with Gasteiger partial charge in [0.15, 0.2) is 0 Å². The number of hydrogen-bond acceptors (Lipinski definition) is 2. The molecule has 126 valence electrons. The molecule has 0 atom stereocenters. The minimum absolute atomic E-state index is 0.821. The third-order valence-corrected chi connectivity index (χ3v) is 5.11. The van der Waals surface area contributed by atoms with Crippen molar-refractivity contribution >= 4 is 17.3 Å². The monoisotopic (exact) mass is 349 g/mol. The van der Waals surface area contributed by atoms with Crippen LogP contribution in [0, 0.1) is 0 Å². The number of rotatable bonds is 4. The van der Waals surface area contributed by atoms with Crippen molar-refractivity contribution < 1.29 is 4.74 Å². The van der Waals surface area contributed by atoms with Gasteiger partial charge in [-0.3, -0.25) is 0 Å². The van der Waals surface area contributed by atoms with E-state index in [0.29, 0.717) is 0 Å². The second-order valence-electron chi connectivity index (χ2n) is 6.31. The van der Waals surface area contributed by atoms with Crippen molar-refractivity contribution in [2.45, 2.75) is 13.0 Å². The first kappa shape index (κ1) is 16.0. The quantitative estimate of drug-likeness (QED) is 0.609. The largest absolute Gasteiger partial charge is 0.497 e. The van der Waals surface area contributed by atoms with Crippen LogP contribution < -0.4 is 9.64 Å². The first-order valence-electron chi connectivity index (χ1n) is 8.51. The van der Waals surface area contributed by atoms with E-state index < -0.39 is 0 Å². The summed E-state index contributed by atoms with van der Waals surface area (Å²) in [5, 5.41) is 0.821. The second-order valence-corrected chi connectivity index (χ2v) is 6.72. The van der Waals surface area contributed by atoms with Gasteiger partial charge in [-0.25, -0.2) is 0 Å². The summed E-state index contributed by atoms with van der Waals surface area (Å²) in [6.45, 7) is 1.82. The molecule has 3 aromatic rings. The molecule has 0 amide bonds. The van der Waals surface area contributed by atoms with Crippen LogP contribution in [0.25, 0.3) is 11.1 Å². The predicted octanol–water partition coefficient (Wildman–Crippen LogP) is 5.58. The van der Waals surface area contributed by atoms with Gasteiger partial charge < -0.3 is 9.64 Å². The van der Waals surface area contributed by atoms with Gasteiger partial charge in [0.2, 0.25) is 0 Å². The van der Waals surface area contributed by atoms with E-state index in [9.17, 15) is 0 Å². The summed E-state index contributed by atoms with van der Waals surface area (Å²) in [5.74, 6) is 0.893. The maximum absolute atomic E-state index is 6.57. The van der Waals surface area contributed by atoms with Crippen molar-refractivity contribution in [1.29, 1.82) is 0 Å². The molecule has 1 aliphatic heterocycles. The van der Waals surface area contributed by atoms with Gasteiger partial charge >= 0.3 is 0 Å². The van der Waals surface area contributed by atoms with Crippen LogP contribution in [-0.4, -0.2) is 13.7 Å². The first-order valence-corrected chi connectivity index (χ1v) is 8.89. The van der Waals surface area contributed by atoms with Crippen molar-refractivity contribution in [1.82, 2.24) is 0 Å². The molecule has 0 N–H and O–H groups in total. The Morgan fingerprint density at radius 3 is 2.48 bits per heavy atom. The van der Waals surface area contributed by atoms with E-state index in [2.05, 4.69) is 47.4 Å². The second kappa shape index (κ2) is 6.81. The Labute approximate surface area is 153 Å². The Hall–Kier alpha value is -2.45. The smallest absolute Gasteiger partial charge is 0.118 e. The summed E-state index contributed by atoms with van der Waals surface area (Å²) in [4.78, 5) is 2.39. The van der Waals surface area contributed by atoms with Crippen LogP contribution in [0.15, 0.2) is 66.7 Å². The SMILES string of the molecule is COc1ccc(CCN2Cc3ccccc3-c3cccc(Cl)c32)cc1. The summed E-state index contributed by atoms with van der Waals surface area (Å²) < 4.78 is 5.24. The highest BCUT2D eigenvalue weighted by molar-refractivity contribution is 6.34. The van der Waals surface area contributed by atoms with E-state index in [4.69, 9.17) is 16.3 Å². The number of ether oxygens (including phenoxy) is 1. The van der Waals surface area contributed by atoms with Gasteiger partial charge in [0, 0.05) is 18.7 Å². The molecule has 3 heteroatoms. The summed E-state index contributed by atoms with van der Waals surface area (Å²) in [7, 11) is 1.69.